The Hall–Kier alpha value is -2.04. The van der Waals surface area contributed by atoms with Gasteiger partial charge in [0.1, 0.15) is 24.2 Å². The second-order valence-electron chi connectivity index (χ2n) is 4.93. The Bertz CT molecular complexity index is 584. The first-order valence-corrected chi connectivity index (χ1v) is 6.91. The van der Waals surface area contributed by atoms with Crippen LogP contribution in [0.3, 0.4) is 0 Å². The number of hydrogen-bond donors (Lipinski definition) is 2. The first-order chi connectivity index (χ1) is 10.1. The SMILES string of the molecule is COc1cccc(C(O)COc2ccccc2C(C)N)c1. The lowest BCUT2D eigenvalue weighted by Gasteiger charge is -2.17. The molecule has 2 aromatic carbocycles. The van der Waals surface area contributed by atoms with Gasteiger partial charge in [0.2, 0.25) is 0 Å². The molecular formula is C17H21NO3. The Balaban J connectivity index is 2.05. The molecule has 0 heterocycles. The molecule has 0 bridgehead atoms. The van der Waals surface area contributed by atoms with Gasteiger partial charge in [0, 0.05) is 11.6 Å². The summed E-state index contributed by atoms with van der Waals surface area (Å²) >= 11 is 0. The van der Waals surface area contributed by atoms with E-state index in [2.05, 4.69) is 0 Å². The van der Waals surface area contributed by atoms with Gasteiger partial charge in [-0.15, -0.1) is 0 Å². The molecule has 0 aliphatic rings. The maximum absolute atomic E-state index is 10.2. The Morgan fingerprint density at radius 3 is 2.62 bits per heavy atom. The molecular weight excluding hydrogens is 266 g/mol. The van der Waals surface area contributed by atoms with Crippen LogP contribution in [0.4, 0.5) is 0 Å². The Morgan fingerprint density at radius 1 is 1.14 bits per heavy atom. The van der Waals surface area contributed by atoms with Gasteiger partial charge in [-0.05, 0) is 30.7 Å². The van der Waals surface area contributed by atoms with Crippen molar-refractivity contribution in [1.29, 1.82) is 0 Å². The van der Waals surface area contributed by atoms with Crippen LogP contribution in [0.25, 0.3) is 0 Å². The molecule has 3 N–H and O–H groups in total. The average Bonchev–Trinajstić information content (AvgIpc) is 2.52. The van der Waals surface area contributed by atoms with E-state index in [1.807, 2.05) is 49.4 Å². The lowest BCUT2D eigenvalue weighted by molar-refractivity contribution is 0.107. The molecule has 2 unspecified atom stereocenters. The molecule has 4 heteroatoms. The lowest BCUT2D eigenvalue weighted by atomic mass is 10.1. The monoisotopic (exact) mass is 287 g/mol. The largest absolute Gasteiger partial charge is 0.497 e. The van der Waals surface area contributed by atoms with Gasteiger partial charge in [-0.3, -0.25) is 0 Å². The van der Waals surface area contributed by atoms with Crippen LogP contribution in [0, 0.1) is 0 Å². The van der Waals surface area contributed by atoms with Crippen molar-refractivity contribution in [3.05, 3.63) is 59.7 Å². The number of aliphatic hydroxyl groups excluding tert-OH is 1. The Morgan fingerprint density at radius 2 is 1.90 bits per heavy atom. The summed E-state index contributed by atoms with van der Waals surface area (Å²) < 4.78 is 10.9. The quantitative estimate of drug-likeness (QED) is 0.857. The zero-order chi connectivity index (χ0) is 15.2. The summed E-state index contributed by atoms with van der Waals surface area (Å²) in [5, 5.41) is 10.2. The highest BCUT2D eigenvalue weighted by atomic mass is 16.5. The molecule has 2 aromatic rings. The van der Waals surface area contributed by atoms with E-state index >= 15 is 0 Å². The van der Waals surface area contributed by atoms with Crippen molar-refractivity contribution in [3.63, 3.8) is 0 Å². The molecule has 4 nitrogen and oxygen atoms in total. The lowest BCUT2D eigenvalue weighted by Crippen LogP contribution is -2.13. The van der Waals surface area contributed by atoms with Crippen LogP contribution in [0.2, 0.25) is 0 Å². The normalized spacial score (nSPS) is 13.5. The molecule has 2 atom stereocenters. The number of hydrogen-bond acceptors (Lipinski definition) is 4. The van der Waals surface area contributed by atoms with Gasteiger partial charge in [-0.25, -0.2) is 0 Å². The van der Waals surface area contributed by atoms with Crippen LogP contribution in [0.1, 0.15) is 30.2 Å². The molecule has 0 amide bonds. The number of aliphatic hydroxyl groups is 1. The van der Waals surface area contributed by atoms with E-state index in [4.69, 9.17) is 15.2 Å². The molecule has 0 saturated carbocycles. The van der Waals surface area contributed by atoms with Gasteiger partial charge < -0.3 is 20.3 Å². The highest BCUT2D eigenvalue weighted by Crippen LogP contribution is 2.25. The van der Waals surface area contributed by atoms with Crippen LogP contribution in [0.5, 0.6) is 11.5 Å². The molecule has 0 saturated heterocycles. The van der Waals surface area contributed by atoms with E-state index < -0.39 is 6.10 Å². The minimum absolute atomic E-state index is 0.116. The molecule has 0 aliphatic carbocycles. The zero-order valence-corrected chi connectivity index (χ0v) is 12.3. The van der Waals surface area contributed by atoms with Gasteiger partial charge in [-0.1, -0.05) is 30.3 Å². The Labute approximate surface area is 125 Å². The third-order valence-electron chi connectivity index (χ3n) is 3.28. The topological polar surface area (TPSA) is 64.7 Å². The number of rotatable bonds is 6. The molecule has 0 radical (unpaired) electrons. The fraction of sp³-hybridized carbons (Fsp3) is 0.294. The molecule has 2 rings (SSSR count). The van der Waals surface area contributed by atoms with Crippen molar-refractivity contribution in [2.75, 3.05) is 13.7 Å². The first-order valence-electron chi connectivity index (χ1n) is 6.91. The fourth-order valence-electron chi connectivity index (χ4n) is 2.10. The van der Waals surface area contributed by atoms with Gasteiger partial charge in [0.05, 0.1) is 7.11 Å². The van der Waals surface area contributed by atoms with Crippen molar-refractivity contribution in [2.45, 2.75) is 19.1 Å². The standard InChI is InChI=1S/C17H21NO3/c1-12(18)15-8-3-4-9-17(15)21-11-16(19)13-6-5-7-14(10-13)20-2/h3-10,12,16,19H,11,18H2,1-2H3. The summed E-state index contributed by atoms with van der Waals surface area (Å²) in [6.45, 7) is 2.07. The van der Waals surface area contributed by atoms with Crippen LogP contribution in [-0.4, -0.2) is 18.8 Å². The third-order valence-corrected chi connectivity index (χ3v) is 3.28. The van der Waals surface area contributed by atoms with Crippen LogP contribution >= 0.6 is 0 Å². The first kappa shape index (κ1) is 15.4. The van der Waals surface area contributed by atoms with Gasteiger partial charge in [0.25, 0.3) is 0 Å². The summed E-state index contributed by atoms with van der Waals surface area (Å²) in [5.41, 5.74) is 7.59. The predicted octanol–water partition coefficient (Wildman–Crippen LogP) is 2.83. The summed E-state index contributed by atoms with van der Waals surface area (Å²) in [7, 11) is 1.60. The van der Waals surface area contributed by atoms with Crippen molar-refractivity contribution >= 4 is 0 Å². The van der Waals surface area contributed by atoms with Gasteiger partial charge in [-0.2, -0.15) is 0 Å². The van der Waals surface area contributed by atoms with E-state index in [0.29, 0.717) is 11.5 Å². The molecule has 0 fully saturated rings. The molecule has 0 aliphatic heterocycles. The van der Waals surface area contributed by atoms with Gasteiger partial charge >= 0.3 is 0 Å². The van der Waals surface area contributed by atoms with Crippen LogP contribution in [-0.2, 0) is 0 Å². The van der Waals surface area contributed by atoms with E-state index in [-0.39, 0.29) is 12.6 Å². The summed E-state index contributed by atoms with van der Waals surface area (Å²) in [6, 6.07) is 14.8. The van der Waals surface area contributed by atoms with Crippen molar-refractivity contribution < 1.29 is 14.6 Å². The second kappa shape index (κ2) is 7.11. The maximum atomic E-state index is 10.2. The van der Waals surface area contributed by atoms with Crippen LogP contribution in [0.15, 0.2) is 48.5 Å². The highest BCUT2D eigenvalue weighted by molar-refractivity contribution is 5.35. The van der Waals surface area contributed by atoms with E-state index in [9.17, 15) is 5.11 Å². The number of para-hydroxylation sites is 1. The van der Waals surface area contributed by atoms with Crippen molar-refractivity contribution in [3.8, 4) is 11.5 Å². The molecule has 0 aromatic heterocycles. The van der Waals surface area contributed by atoms with E-state index in [0.717, 1.165) is 11.1 Å². The minimum Gasteiger partial charge on any atom is -0.497 e. The Kier molecular flexibility index (Phi) is 5.20. The summed E-state index contributed by atoms with van der Waals surface area (Å²) in [5.74, 6) is 1.41. The summed E-state index contributed by atoms with van der Waals surface area (Å²) in [4.78, 5) is 0. The second-order valence-corrected chi connectivity index (χ2v) is 4.93. The van der Waals surface area contributed by atoms with Gasteiger partial charge in [0.15, 0.2) is 0 Å². The molecule has 112 valence electrons. The minimum atomic E-state index is -0.721. The van der Waals surface area contributed by atoms with E-state index in [1.165, 1.54) is 0 Å². The third kappa shape index (κ3) is 3.97. The molecule has 21 heavy (non-hydrogen) atoms. The average molecular weight is 287 g/mol. The van der Waals surface area contributed by atoms with Crippen LogP contribution < -0.4 is 15.2 Å². The molecule has 0 spiro atoms. The van der Waals surface area contributed by atoms with E-state index in [1.54, 1.807) is 13.2 Å². The maximum Gasteiger partial charge on any atom is 0.124 e. The van der Waals surface area contributed by atoms with Crippen molar-refractivity contribution in [2.24, 2.45) is 5.73 Å². The number of nitrogens with two attached hydrogens (primary N) is 1. The number of methoxy groups -OCH3 is 1. The zero-order valence-electron chi connectivity index (χ0n) is 12.3. The number of ether oxygens (including phenoxy) is 2. The highest BCUT2D eigenvalue weighted by Gasteiger charge is 2.12. The summed E-state index contributed by atoms with van der Waals surface area (Å²) in [6.07, 6.45) is -0.721. The predicted molar refractivity (Wildman–Crippen MR) is 82.5 cm³/mol. The van der Waals surface area contributed by atoms with Crippen molar-refractivity contribution in [1.82, 2.24) is 0 Å². The number of benzene rings is 2. The fourth-order valence-corrected chi connectivity index (χ4v) is 2.10. The smallest absolute Gasteiger partial charge is 0.124 e.